The summed E-state index contributed by atoms with van der Waals surface area (Å²) in [5, 5.41) is 14.0. The third kappa shape index (κ3) is 7.94. The molecule has 0 saturated heterocycles. The molecule has 43 heavy (non-hydrogen) atoms. The van der Waals surface area contributed by atoms with Crippen molar-refractivity contribution in [3.8, 4) is 17.0 Å². The van der Waals surface area contributed by atoms with Crippen LogP contribution in [0.3, 0.4) is 0 Å². The number of aromatic nitrogens is 5. The molecule has 1 atom stereocenters. The van der Waals surface area contributed by atoms with E-state index < -0.39 is 36.2 Å². The summed E-state index contributed by atoms with van der Waals surface area (Å²) in [6.45, 7) is 1.88. The van der Waals surface area contributed by atoms with Gasteiger partial charge in [-0.1, -0.05) is 11.6 Å². The zero-order chi connectivity index (χ0) is 31.3. The number of benzene rings is 1. The number of anilines is 1. The van der Waals surface area contributed by atoms with Crippen LogP contribution < -0.4 is 15.4 Å². The van der Waals surface area contributed by atoms with Gasteiger partial charge >= 0.3 is 18.7 Å². The average Bonchev–Trinajstić information content (AvgIpc) is 3.54. The Morgan fingerprint density at radius 2 is 1.95 bits per heavy atom. The van der Waals surface area contributed by atoms with Gasteiger partial charge in [-0.25, -0.2) is 19.1 Å². The predicted octanol–water partition coefficient (Wildman–Crippen LogP) is 4.56. The molecule has 0 unspecified atom stereocenters. The van der Waals surface area contributed by atoms with Crippen LogP contribution in [0.4, 0.5) is 19.3 Å². The fourth-order valence-corrected chi connectivity index (χ4v) is 4.16. The number of esters is 1. The van der Waals surface area contributed by atoms with Gasteiger partial charge in [0, 0.05) is 35.7 Å². The molecule has 228 valence electrons. The minimum Gasteiger partial charge on any atom is -0.467 e. The summed E-state index contributed by atoms with van der Waals surface area (Å²) in [5.41, 5.74) is -0.159. The monoisotopic (exact) mass is 619 g/mol. The lowest BCUT2D eigenvalue weighted by atomic mass is 10.1. The first-order valence-electron chi connectivity index (χ1n) is 12.8. The Morgan fingerprint density at radius 1 is 1.19 bits per heavy atom. The van der Waals surface area contributed by atoms with E-state index in [0.29, 0.717) is 0 Å². The molecule has 0 aliphatic heterocycles. The van der Waals surface area contributed by atoms with Crippen molar-refractivity contribution in [3.63, 3.8) is 0 Å². The number of nitrogens with zero attached hydrogens (tertiary/aromatic N) is 5. The summed E-state index contributed by atoms with van der Waals surface area (Å²) < 4.78 is 44.0. The number of alkyl halides is 2. The smallest absolute Gasteiger partial charge is 0.408 e. The van der Waals surface area contributed by atoms with Crippen LogP contribution in [-0.2, 0) is 20.8 Å². The van der Waals surface area contributed by atoms with Gasteiger partial charge in [0.2, 0.25) is 0 Å². The number of aryl methyl sites for hydroxylation is 1. The predicted molar refractivity (Wildman–Crippen MR) is 150 cm³/mol. The molecule has 2 amide bonds. The number of ether oxygens (including phenoxy) is 3. The van der Waals surface area contributed by atoms with Gasteiger partial charge in [-0.3, -0.25) is 9.48 Å². The number of carbonyl (C=O) groups excluding carboxylic acids is 3. The number of rotatable bonds is 10. The molecule has 0 aliphatic rings. The Hall–Kier alpha value is -4.79. The minimum atomic E-state index is -3.15. The fraction of sp³-hybridized carbons (Fsp3) is 0.333. The maximum absolute atomic E-state index is 13.3. The number of hydrogen-bond acceptors (Lipinski definition) is 9. The third-order valence-corrected chi connectivity index (χ3v) is 6.01. The van der Waals surface area contributed by atoms with E-state index in [2.05, 4.69) is 30.6 Å². The van der Waals surface area contributed by atoms with Crippen LogP contribution in [0.2, 0.25) is 5.02 Å². The molecule has 0 spiro atoms. The van der Waals surface area contributed by atoms with E-state index in [1.165, 1.54) is 53.1 Å². The highest BCUT2D eigenvalue weighted by Gasteiger charge is 2.26. The lowest BCUT2D eigenvalue weighted by molar-refractivity contribution is -0.143. The summed E-state index contributed by atoms with van der Waals surface area (Å²) in [4.78, 5) is 42.2. The molecule has 16 heteroatoms. The van der Waals surface area contributed by atoms with Gasteiger partial charge in [-0.2, -0.15) is 19.0 Å². The summed E-state index contributed by atoms with van der Waals surface area (Å²) in [6, 6.07) is 4.51. The second kappa shape index (κ2) is 13.0. The Labute approximate surface area is 249 Å². The number of nitrogens with one attached hydrogen (secondary N) is 2. The lowest BCUT2D eigenvalue weighted by Gasteiger charge is -2.22. The maximum atomic E-state index is 13.3. The molecule has 4 aromatic rings. The van der Waals surface area contributed by atoms with Gasteiger partial charge in [-0.05, 0) is 51.5 Å². The molecule has 3 heterocycles. The third-order valence-electron chi connectivity index (χ3n) is 5.77. The quantitative estimate of drug-likeness (QED) is 0.244. The topological polar surface area (TPSA) is 151 Å². The standard InChI is InChI=1S/C27H28ClF2N7O6/c1-27(2,3)43-26(40)34-18(24(39)41-4)8-11-36-14-19(33-23(38)17-13-32-37-10-5-9-31-22(17)37)21(35-36)16-12-15(28)6-7-20(16)42-25(29)30/h5-7,9-10,12-14,18,25H,8,11H2,1-4H3,(H,33,38)(H,34,40)/t18-/m0/s1. The number of carbonyl (C=O) groups is 3. The van der Waals surface area contributed by atoms with Gasteiger partial charge in [0.05, 0.1) is 19.0 Å². The van der Waals surface area contributed by atoms with Crippen LogP contribution in [0.5, 0.6) is 5.75 Å². The van der Waals surface area contributed by atoms with Crippen molar-refractivity contribution in [2.45, 2.75) is 52.0 Å². The number of amides is 2. The van der Waals surface area contributed by atoms with E-state index in [0.717, 1.165) is 0 Å². The molecular weight excluding hydrogens is 592 g/mol. The second-order valence-corrected chi connectivity index (χ2v) is 10.5. The molecular formula is C27H28ClF2N7O6. The summed E-state index contributed by atoms with van der Waals surface area (Å²) in [6.07, 6.45) is 5.05. The molecule has 0 saturated carbocycles. The molecule has 3 aromatic heterocycles. The van der Waals surface area contributed by atoms with E-state index in [4.69, 9.17) is 21.1 Å². The van der Waals surface area contributed by atoms with Crippen LogP contribution in [0.25, 0.3) is 16.9 Å². The molecule has 0 aliphatic carbocycles. The summed E-state index contributed by atoms with van der Waals surface area (Å²) in [7, 11) is 1.17. The zero-order valence-electron chi connectivity index (χ0n) is 23.5. The number of hydrogen-bond donors (Lipinski definition) is 2. The van der Waals surface area contributed by atoms with Crippen LogP contribution in [-0.4, -0.2) is 67.7 Å². The van der Waals surface area contributed by atoms with Gasteiger partial charge in [0.1, 0.15) is 28.6 Å². The fourth-order valence-electron chi connectivity index (χ4n) is 3.99. The number of halogens is 3. The first-order valence-corrected chi connectivity index (χ1v) is 13.2. The van der Waals surface area contributed by atoms with Gasteiger partial charge in [-0.15, -0.1) is 0 Å². The highest BCUT2D eigenvalue weighted by molar-refractivity contribution is 6.31. The highest BCUT2D eigenvalue weighted by atomic mass is 35.5. The number of alkyl carbamates (subject to hydrolysis) is 1. The van der Waals surface area contributed by atoms with Crippen LogP contribution in [0.15, 0.2) is 49.1 Å². The van der Waals surface area contributed by atoms with E-state index in [-0.39, 0.29) is 51.9 Å². The molecule has 4 rings (SSSR count). The van der Waals surface area contributed by atoms with Crippen molar-refractivity contribution in [3.05, 3.63) is 59.6 Å². The zero-order valence-corrected chi connectivity index (χ0v) is 24.3. The minimum absolute atomic E-state index is 0.00563. The Bertz CT molecular complexity index is 1640. The summed E-state index contributed by atoms with van der Waals surface area (Å²) in [5.74, 6) is -1.57. The van der Waals surface area contributed by atoms with Crippen molar-refractivity contribution in [1.29, 1.82) is 0 Å². The van der Waals surface area contributed by atoms with E-state index in [1.807, 2.05) is 0 Å². The first kappa shape index (κ1) is 31.2. The molecule has 1 aromatic carbocycles. The Balaban J connectivity index is 1.67. The number of methoxy groups -OCH3 is 1. The van der Waals surface area contributed by atoms with Crippen molar-refractivity contribution >= 4 is 40.9 Å². The molecule has 13 nitrogen and oxygen atoms in total. The lowest BCUT2D eigenvalue weighted by Crippen LogP contribution is -2.44. The largest absolute Gasteiger partial charge is 0.467 e. The number of fused-ring (bicyclic) bond motifs is 1. The first-order chi connectivity index (χ1) is 20.3. The molecule has 2 N–H and O–H groups in total. The van der Waals surface area contributed by atoms with Crippen molar-refractivity contribution < 1.29 is 37.4 Å². The highest BCUT2D eigenvalue weighted by Crippen LogP contribution is 2.37. The van der Waals surface area contributed by atoms with Crippen LogP contribution >= 0.6 is 11.6 Å². The van der Waals surface area contributed by atoms with Gasteiger partial charge in [0.15, 0.2) is 5.65 Å². The molecule has 0 fully saturated rings. The van der Waals surface area contributed by atoms with Gasteiger partial charge < -0.3 is 24.8 Å². The maximum Gasteiger partial charge on any atom is 0.408 e. The second-order valence-electron chi connectivity index (χ2n) is 10.1. The SMILES string of the molecule is COC(=O)[C@H](CCn1cc(NC(=O)c2cnn3cccnc23)c(-c2cc(Cl)ccc2OC(F)F)n1)NC(=O)OC(C)(C)C. The van der Waals surface area contributed by atoms with Crippen molar-refractivity contribution in [2.24, 2.45) is 0 Å². The summed E-state index contributed by atoms with van der Waals surface area (Å²) >= 11 is 6.17. The van der Waals surface area contributed by atoms with E-state index in [1.54, 1.807) is 33.0 Å². The van der Waals surface area contributed by atoms with Crippen LogP contribution in [0.1, 0.15) is 37.6 Å². The molecule has 0 radical (unpaired) electrons. The van der Waals surface area contributed by atoms with Crippen molar-refractivity contribution in [1.82, 2.24) is 29.7 Å². The Morgan fingerprint density at radius 3 is 2.65 bits per heavy atom. The van der Waals surface area contributed by atoms with E-state index in [9.17, 15) is 23.2 Å². The van der Waals surface area contributed by atoms with Crippen LogP contribution in [0, 0.1) is 0 Å². The Kier molecular flexibility index (Phi) is 9.43. The van der Waals surface area contributed by atoms with E-state index >= 15 is 0 Å². The van der Waals surface area contributed by atoms with Gasteiger partial charge in [0.25, 0.3) is 5.91 Å². The van der Waals surface area contributed by atoms with Crippen molar-refractivity contribution in [2.75, 3.05) is 12.4 Å². The normalized spacial score (nSPS) is 12.2. The average molecular weight is 620 g/mol. The molecule has 0 bridgehead atoms.